The molecule has 6 aromatic rings. The zero-order chi connectivity index (χ0) is 26.2. The van der Waals surface area contributed by atoms with Crippen molar-refractivity contribution in [3.8, 4) is 39.7 Å². The maximum Gasteiger partial charge on any atom is 0.138 e. The Balaban J connectivity index is 1.20. The molecule has 39 heavy (non-hydrogen) atoms. The molecule has 6 heterocycles. The molecule has 0 bridgehead atoms. The first-order valence-corrected chi connectivity index (χ1v) is 13.1. The minimum atomic E-state index is -0.298. The summed E-state index contributed by atoms with van der Waals surface area (Å²) >= 11 is 0. The molecule has 1 aliphatic rings. The van der Waals surface area contributed by atoms with Crippen LogP contribution in [0, 0.1) is 5.82 Å². The van der Waals surface area contributed by atoms with Gasteiger partial charge in [0, 0.05) is 41.0 Å². The second-order valence-corrected chi connectivity index (χ2v) is 9.79. The van der Waals surface area contributed by atoms with Crippen LogP contribution in [0.4, 0.5) is 4.39 Å². The molecule has 1 aliphatic heterocycles. The van der Waals surface area contributed by atoms with E-state index in [-0.39, 0.29) is 5.82 Å². The molecule has 9 heteroatoms. The van der Waals surface area contributed by atoms with E-state index in [0.717, 1.165) is 64.3 Å². The van der Waals surface area contributed by atoms with Gasteiger partial charge in [-0.05, 0) is 68.4 Å². The van der Waals surface area contributed by atoms with Gasteiger partial charge in [-0.3, -0.25) is 20.0 Å². The van der Waals surface area contributed by atoms with Crippen LogP contribution < -0.4 is 4.74 Å². The summed E-state index contributed by atoms with van der Waals surface area (Å²) in [5.41, 5.74) is 7.00. The van der Waals surface area contributed by atoms with Gasteiger partial charge >= 0.3 is 0 Å². The molecular formula is C30H26FN7O. The van der Waals surface area contributed by atoms with Gasteiger partial charge in [0.05, 0.1) is 28.8 Å². The molecule has 1 aromatic carbocycles. The fourth-order valence-corrected chi connectivity index (χ4v) is 5.23. The molecule has 0 atom stereocenters. The summed E-state index contributed by atoms with van der Waals surface area (Å²) in [6.45, 7) is 3.86. The monoisotopic (exact) mass is 519 g/mol. The number of aromatic nitrogens is 6. The van der Waals surface area contributed by atoms with Crippen LogP contribution in [0.15, 0.2) is 73.2 Å². The highest BCUT2D eigenvalue weighted by Gasteiger charge is 2.17. The number of nitrogens with zero attached hydrogens (tertiary/aromatic N) is 5. The summed E-state index contributed by atoms with van der Waals surface area (Å²) in [5, 5.41) is 8.53. The van der Waals surface area contributed by atoms with Gasteiger partial charge in [0.1, 0.15) is 29.4 Å². The Kier molecular flexibility index (Phi) is 5.97. The molecule has 1 saturated heterocycles. The third kappa shape index (κ3) is 4.61. The quantitative estimate of drug-likeness (QED) is 0.275. The van der Waals surface area contributed by atoms with Crippen molar-refractivity contribution in [1.29, 1.82) is 0 Å². The average molecular weight is 520 g/mol. The summed E-state index contributed by atoms with van der Waals surface area (Å²) in [7, 11) is 0. The summed E-state index contributed by atoms with van der Waals surface area (Å²) in [6, 6.07) is 16.2. The number of ether oxygens (including phenoxy) is 1. The van der Waals surface area contributed by atoms with E-state index in [1.807, 2.05) is 36.4 Å². The van der Waals surface area contributed by atoms with Crippen molar-refractivity contribution < 1.29 is 9.13 Å². The van der Waals surface area contributed by atoms with Gasteiger partial charge in [0.2, 0.25) is 0 Å². The van der Waals surface area contributed by atoms with Crippen LogP contribution in [0.3, 0.4) is 0 Å². The molecule has 0 radical (unpaired) electrons. The topological polar surface area (TPSA) is 95.6 Å². The molecule has 0 unspecified atom stereocenters. The molecule has 2 N–H and O–H groups in total. The molecule has 0 saturated carbocycles. The van der Waals surface area contributed by atoms with Crippen LogP contribution in [-0.2, 0) is 0 Å². The van der Waals surface area contributed by atoms with Crippen molar-refractivity contribution in [1.82, 2.24) is 35.0 Å². The third-order valence-electron chi connectivity index (χ3n) is 7.19. The minimum absolute atomic E-state index is 0.298. The maximum atomic E-state index is 13.9. The predicted molar refractivity (Wildman–Crippen MR) is 149 cm³/mol. The zero-order valence-corrected chi connectivity index (χ0v) is 21.2. The van der Waals surface area contributed by atoms with Gasteiger partial charge in [0.25, 0.3) is 0 Å². The van der Waals surface area contributed by atoms with E-state index in [1.54, 1.807) is 24.7 Å². The average Bonchev–Trinajstić information content (AvgIpc) is 3.72. The van der Waals surface area contributed by atoms with E-state index in [9.17, 15) is 4.39 Å². The van der Waals surface area contributed by atoms with Gasteiger partial charge in [-0.2, -0.15) is 5.10 Å². The SMILES string of the molecule is Fc1cccc(-c2nccc3[nH]c(-c4n[nH]c5ccc(-c6cncc(OCCN7CCCC7)c6)nc45)cc23)c1. The molecule has 8 nitrogen and oxygen atoms in total. The Hall–Kier alpha value is -4.63. The summed E-state index contributed by atoms with van der Waals surface area (Å²) < 4.78 is 19.9. The molecule has 5 aromatic heterocycles. The van der Waals surface area contributed by atoms with Crippen molar-refractivity contribution in [2.45, 2.75) is 12.8 Å². The molecule has 1 fully saturated rings. The van der Waals surface area contributed by atoms with Gasteiger partial charge in [-0.25, -0.2) is 9.37 Å². The number of aromatic amines is 2. The second kappa shape index (κ2) is 9.92. The first-order chi connectivity index (χ1) is 19.2. The van der Waals surface area contributed by atoms with Crippen molar-refractivity contribution in [2.24, 2.45) is 0 Å². The van der Waals surface area contributed by atoms with Gasteiger partial charge in [-0.1, -0.05) is 12.1 Å². The molecule has 0 spiro atoms. The number of rotatable bonds is 7. The molecular weight excluding hydrogens is 493 g/mol. The number of nitrogens with one attached hydrogen (secondary N) is 2. The van der Waals surface area contributed by atoms with Gasteiger partial charge < -0.3 is 9.72 Å². The van der Waals surface area contributed by atoms with Crippen LogP contribution in [0.2, 0.25) is 0 Å². The lowest BCUT2D eigenvalue weighted by atomic mass is 10.1. The number of hydrogen-bond acceptors (Lipinski definition) is 6. The Morgan fingerprint density at radius 1 is 0.923 bits per heavy atom. The maximum absolute atomic E-state index is 13.9. The number of hydrogen-bond donors (Lipinski definition) is 2. The lowest BCUT2D eigenvalue weighted by Crippen LogP contribution is -2.25. The van der Waals surface area contributed by atoms with Gasteiger partial charge in [-0.15, -0.1) is 0 Å². The van der Waals surface area contributed by atoms with Gasteiger partial charge in [0.15, 0.2) is 0 Å². The highest BCUT2D eigenvalue weighted by atomic mass is 19.1. The number of fused-ring (bicyclic) bond motifs is 2. The Morgan fingerprint density at radius 3 is 2.74 bits per heavy atom. The molecule has 0 aliphatic carbocycles. The van der Waals surface area contributed by atoms with Crippen molar-refractivity contribution in [3.05, 3.63) is 79.0 Å². The Labute approximate surface area is 223 Å². The smallest absolute Gasteiger partial charge is 0.138 e. The van der Waals surface area contributed by atoms with E-state index in [0.29, 0.717) is 23.6 Å². The van der Waals surface area contributed by atoms with Crippen LogP contribution in [-0.4, -0.2) is 61.3 Å². The lowest BCUT2D eigenvalue weighted by Gasteiger charge is -2.15. The Bertz CT molecular complexity index is 1790. The molecule has 194 valence electrons. The summed E-state index contributed by atoms with van der Waals surface area (Å²) in [5.74, 6) is 0.432. The van der Waals surface area contributed by atoms with E-state index >= 15 is 0 Å². The summed E-state index contributed by atoms with van der Waals surface area (Å²) in [4.78, 5) is 19.7. The highest BCUT2D eigenvalue weighted by Crippen LogP contribution is 2.33. The number of benzene rings is 1. The second-order valence-electron chi connectivity index (χ2n) is 9.79. The van der Waals surface area contributed by atoms with E-state index in [2.05, 4.69) is 30.0 Å². The van der Waals surface area contributed by atoms with Crippen LogP contribution in [0.5, 0.6) is 5.75 Å². The standard InChI is InChI=1S/C30H26FN7O/c31-21-5-3-4-19(14-21)28-23-16-27(34-25(23)8-9-33-28)30-29-26(36-37-30)7-6-24(35-29)20-15-22(18-32-17-20)39-13-12-38-10-1-2-11-38/h3-9,14-18,34H,1-2,10-13H2,(H,36,37). The first kappa shape index (κ1) is 23.5. The number of likely N-dealkylation sites (tertiary alicyclic amines) is 1. The fourth-order valence-electron chi connectivity index (χ4n) is 5.23. The molecule has 0 amide bonds. The zero-order valence-electron chi connectivity index (χ0n) is 21.2. The number of halogens is 1. The van der Waals surface area contributed by atoms with Crippen LogP contribution in [0.1, 0.15) is 12.8 Å². The predicted octanol–water partition coefficient (Wildman–Crippen LogP) is 5.84. The minimum Gasteiger partial charge on any atom is -0.491 e. The summed E-state index contributed by atoms with van der Waals surface area (Å²) in [6.07, 6.45) is 7.79. The lowest BCUT2D eigenvalue weighted by molar-refractivity contribution is 0.237. The van der Waals surface area contributed by atoms with Crippen molar-refractivity contribution in [2.75, 3.05) is 26.2 Å². The first-order valence-electron chi connectivity index (χ1n) is 13.1. The largest absolute Gasteiger partial charge is 0.491 e. The molecule has 7 rings (SSSR count). The van der Waals surface area contributed by atoms with E-state index < -0.39 is 0 Å². The Morgan fingerprint density at radius 2 is 1.85 bits per heavy atom. The van der Waals surface area contributed by atoms with E-state index in [4.69, 9.17) is 9.72 Å². The number of pyridine rings is 3. The normalized spacial score (nSPS) is 14.0. The van der Waals surface area contributed by atoms with Crippen molar-refractivity contribution >= 4 is 21.9 Å². The van der Waals surface area contributed by atoms with Crippen molar-refractivity contribution in [3.63, 3.8) is 0 Å². The van der Waals surface area contributed by atoms with Crippen LogP contribution >= 0.6 is 0 Å². The van der Waals surface area contributed by atoms with Crippen LogP contribution in [0.25, 0.3) is 55.8 Å². The number of H-pyrrole nitrogens is 2. The van der Waals surface area contributed by atoms with E-state index in [1.165, 1.54) is 25.0 Å². The highest BCUT2D eigenvalue weighted by molar-refractivity contribution is 5.99. The fraction of sp³-hybridized carbons (Fsp3) is 0.200. The third-order valence-corrected chi connectivity index (χ3v) is 7.19.